The third-order valence-electron chi connectivity index (χ3n) is 2.69. The molecule has 90 valence electrons. The van der Waals surface area contributed by atoms with Crippen molar-refractivity contribution in [3.05, 3.63) is 54.1 Å². The Balaban J connectivity index is 2.11. The Kier molecular flexibility index (Phi) is 3.49. The Morgan fingerprint density at radius 3 is 1.83 bits per heavy atom. The first kappa shape index (κ1) is 12.0. The molecule has 0 fully saturated rings. The summed E-state index contributed by atoms with van der Waals surface area (Å²) in [6.07, 6.45) is 0. The minimum absolute atomic E-state index is 0.670. The molecule has 0 saturated carbocycles. The Hall–Kier alpha value is -2.47. The van der Waals surface area contributed by atoms with Gasteiger partial charge < -0.3 is 10.2 Å². The van der Waals surface area contributed by atoms with E-state index in [0.29, 0.717) is 5.56 Å². The molecular weight excluding hydrogens is 222 g/mol. The molecule has 0 aliphatic carbocycles. The van der Waals surface area contributed by atoms with Gasteiger partial charge in [-0.05, 0) is 48.5 Å². The van der Waals surface area contributed by atoms with Gasteiger partial charge in [-0.1, -0.05) is 0 Å². The zero-order chi connectivity index (χ0) is 13.0. The van der Waals surface area contributed by atoms with Crippen LogP contribution in [0.4, 0.5) is 17.1 Å². The Morgan fingerprint density at radius 1 is 0.889 bits per heavy atom. The van der Waals surface area contributed by atoms with Crippen molar-refractivity contribution in [2.45, 2.75) is 0 Å². The lowest BCUT2D eigenvalue weighted by molar-refractivity contribution is 1.13. The summed E-state index contributed by atoms with van der Waals surface area (Å²) in [7, 11) is 4.03. The SMILES string of the molecule is CN(C)c1ccc(Nc2ccc(C#N)cc2)cc1. The van der Waals surface area contributed by atoms with Crippen LogP contribution in [-0.2, 0) is 0 Å². The van der Waals surface area contributed by atoms with Gasteiger partial charge in [0.2, 0.25) is 0 Å². The summed E-state index contributed by atoms with van der Waals surface area (Å²) in [4.78, 5) is 2.06. The first-order chi connectivity index (χ1) is 8.69. The summed E-state index contributed by atoms with van der Waals surface area (Å²) in [6, 6.07) is 17.7. The highest BCUT2D eigenvalue weighted by Gasteiger charge is 1.97. The van der Waals surface area contributed by atoms with Gasteiger partial charge >= 0.3 is 0 Å². The van der Waals surface area contributed by atoms with E-state index in [1.165, 1.54) is 5.69 Å². The highest BCUT2D eigenvalue weighted by atomic mass is 15.1. The second-order valence-electron chi connectivity index (χ2n) is 4.26. The number of anilines is 3. The van der Waals surface area contributed by atoms with Crippen LogP contribution in [0, 0.1) is 11.3 Å². The van der Waals surface area contributed by atoms with Crippen LogP contribution >= 0.6 is 0 Å². The molecule has 2 aromatic carbocycles. The number of nitrogens with zero attached hydrogens (tertiary/aromatic N) is 2. The summed E-state index contributed by atoms with van der Waals surface area (Å²) in [5, 5.41) is 12.0. The number of benzene rings is 2. The lowest BCUT2D eigenvalue weighted by atomic mass is 10.2. The van der Waals surface area contributed by atoms with Gasteiger partial charge in [-0.2, -0.15) is 5.26 Å². The van der Waals surface area contributed by atoms with Crippen LogP contribution in [0.5, 0.6) is 0 Å². The Morgan fingerprint density at radius 2 is 1.39 bits per heavy atom. The smallest absolute Gasteiger partial charge is 0.0991 e. The summed E-state index contributed by atoms with van der Waals surface area (Å²) in [5.41, 5.74) is 3.85. The molecule has 0 saturated heterocycles. The van der Waals surface area contributed by atoms with Gasteiger partial charge in [0.1, 0.15) is 0 Å². The quantitative estimate of drug-likeness (QED) is 0.889. The van der Waals surface area contributed by atoms with Crippen molar-refractivity contribution < 1.29 is 0 Å². The Labute approximate surface area is 107 Å². The molecule has 1 N–H and O–H groups in total. The maximum Gasteiger partial charge on any atom is 0.0991 e. The monoisotopic (exact) mass is 237 g/mol. The number of hydrogen-bond donors (Lipinski definition) is 1. The lowest BCUT2D eigenvalue weighted by Crippen LogP contribution is -2.08. The van der Waals surface area contributed by atoms with E-state index >= 15 is 0 Å². The third kappa shape index (κ3) is 2.80. The van der Waals surface area contributed by atoms with E-state index in [-0.39, 0.29) is 0 Å². The predicted molar refractivity (Wildman–Crippen MR) is 75.2 cm³/mol. The van der Waals surface area contributed by atoms with Gasteiger partial charge in [0.05, 0.1) is 11.6 Å². The maximum atomic E-state index is 8.73. The van der Waals surface area contributed by atoms with E-state index in [0.717, 1.165) is 11.4 Å². The summed E-state index contributed by atoms with van der Waals surface area (Å²) in [5.74, 6) is 0. The van der Waals surface area contributed by atoms with Crippen molar-refractivity contribution in [1.82, 2.24) is 0 Å². The van der Waals surface area contributed by atoms with Gasteiger partial charge in [0.15, 0.2) is 0 Å². The van der Waals surface area contributed by atoms with Crippen molar-refractivity contribution in [2.24, 2.45) is 0 Å². The van der Waals surface area contributed by atoms with Gasteiger partial charge in [0, 0.05) is 31.2 Å². The first-order valence-corrected chi connectivity index (χ1v) is 5.73. The number of rotatable bonds is 3. The highest BCUT2D eigenvalue weighted by Crippen LogP contribution is 2.20. The van der Waals surface area contributed by atoms with Gasteiger partial charge in [0.25, 0.3) is 0 Å². The zero-order valence-electron chi connectivity index (χ0n) is 10.5. The average Bonchev–Trinajstić information content (AvgIpc) is 2.40. The van der Waals surface area contributed by atoms with Crippen LogP contribution in [0.3, 0.4) is 0 Å². The first-order valence-electron chi connectivity index (χ1n) is 5.73. The molecule has 3 heteroatoms. The molecule has 0 aromatic heterocycles. The molecule has 18 heavy (non-hydrogen) atoms. The van der Waals surface area contributed by atoms with E-state index in [2.05, 4.69) is 28.4 Å². The van der Waals surface area contributed by atoms with Crippen molar-refractivity contribution in [3.63, 3.8) is 0 Å². The molecule has 0 aliphatic heterocycles. The van der Waals surface area contributed by atoms with Gasteiger partial charge in [-0.25, -0.2) is 0 Å². The largest absolute Gasteiger partial charge is 0.378 e. The fourth-order valence-electron chi connectivity index (χ4n) is 1.64. The van der Waals surface area contributed by atoms with E-state index in [4.69, 9.17) is 5.26 Å². The second-order valence-corrected chi connectivity index (χ2v) is 4.26. The van der Waals surface area contributed by atoms with Crippen molar-refractivity contribution >= 4 is 17.1 Å². The molecule has 0 bridgehead atoms. The topological polar surface area (TPSA) is 39.1 Å². The highest BCUT2D eigenvalue weighted by molar-refractivity contribution is 5.63. The zero-order valence-corrected chi connectivity index (χ0v) is 10.5. The molecule has 0 spiro atoms. The summed E-state index contributed by atoms with van der Waals surface area (Å²) in [6.45, 7) is 0. The molecule has 2 rings (SSSR count). The molecule has 2 aromatic rings. The Bertz CT molecular complexity index is 548. The normalized spacial score (nSPS) is 9.61. The molecular formula is C15H15N3. The molecule has 0 amide bonds. The predicted octanol–water partition coefficient (Wildman–Crippen LogP) is 3.37. The van der Waals surface area contributed by atoms with Crippen LogP contribution in [0.2, 0.25) is 0 Å². The number of nitrogens with one attached hydrogen (secondary N) is 1. The van der Waals surface area contributed by atoms with Gasteiger partial charge in [-0.3, -0.25) is 0 Å². The fourth-order valence-corrected chi connectivity index (χ4v) is 1.64. The molecule has 3 nitrogen and oxygen atoms in total. The average molecular weight is 237 g/mol. The van der Waals surface area contributed by atoms with Crippen LogP contribution in [0.1, 0.15) is 5.56 Å². The second kappa shape index (κ2) is 5.24. The lowest BCUT2D eigenvalue weighted by Gasteiger charge is -2.13. The van der Waals surface area contributed by atoms with E-state index in [9.17, 15) is 0 Å². The van der Waals surface area contributed by atoms with Crippen LogP contribution < -0.4 is 10.2 Å². The fraction of sp³-hybridized carbons (Fsp3) is 0.133. The van der Waals surface area contributed by atoms with Gasteiger partial charge in [-0.15, -0.1) is 0 Å². The number of nitriles is 1. The standard InChI is InChI=1S/C15H15N3/c1-18(2)15-9-7-14(8-10-15)17-13-5-3-12(11-16)4-6-13/h3-10,17H,1-2H3. The minimum Gasteiger partial charge on any atom is -0.378 e. The van der Waals surface area contributed by atoms with Crippen LogP contribution in [-0.4, -0.2) is 14.1 Å². The van der Waals surface area contributed by atoms with E-state index in [1.807, 2.05) is 38.4 Å². The summed E-state index contributed by atoms with van der Waals surface area (Å²) < 4.78 is 0. The third-order valence-corrected chi connectivity index (χ3v) is 2.69. The van der Waals surface area contributed by atoms with Crippen LogP contribution in [0.25, 0.3) is 0 Å². The van der Waals surface area contributed by atoms with E-state index in [1.54, 1.807) is 12.1 Å². The van der Waals surface area contributed by atoms with E-state index < -0.39 is 0 Å². The van der Waals surface area contributed by atoms with Crippen molar-refractivity contribution in [3.8, 4) is 6.07 Å². The molecule has 0 radical (unpaired) electrons. The molecule has 0 aliphatic rings. The molecule has 0 heterocycles. The van der Waals surface area contributed by atoms with Crippen LogP contribution in [0.15, 0.2) is 48.5 Å². The minimum atomic E-state index is 0.670. The molecule has 0 atom stereocenters. The maximum absolute atomic E-state index is 8.73. The number of hydrogen-bond acceptors (Lipinski definition) is 3. The van der Waals surface area contributed by atoms with Crippen molar-refractivity contribution in [2.75, 3.05) is 24.3 Å². The summed E-state index contributed by atoms with van der Waals surface area (Å²) >= 11 is 0. The van der Waals surface area contributed by atoms with Crippen molar-refractivity contribution in [1.29, 1.82) is 5.26 Å². The molecule has 0 unspecified atom stereocenters.